The third-order valence-electron chi connectivity index (χ3n) is 2.00. The highest BCUT2D eigenvalue weighted by atomic mass is 35.5. The molecule has 3 N–H and O–H groups in total. The molecule has 0 amide bonds. The van der Waals surface area contributed by atoms with E-state index in [4.69, 9.17) is 33.8 Å². The Morgan fingerprint density at radius 1 is 1.12 bits per heavy atom. The zero-order valence-corrected chi connectivity index (χ0v) is 10.2. The molecule has 0 saturated heterocycles. The Morgan fingerprint density at radius 3 is 2.65 bits per heavy atom. The van der Waals surface area contributed by atoms with E-state index in [1.165, 1.54) is 0 Å². The fourth-order valence-corrected chi connectivity index (χ4v) is 1.56. The number of pyridine rings is 1. The molecule has 1 heterocycles. The van der Waals surface area contributed by atoms with E-state index in [0.29, 0.717) is 27.5 Å². The van der Waals surface area contributed by atoms with Gasteiger partial charge in [-0.2, -0.15) is 4.98 Å². The molecule has 0 bridgehead atoms. The fraction of sp³-hybridized carbons (Fsp3) is 0. The molecule has 0 fully saturated rings. The van der Waals surface area contributed by atoms with Crippen molar-refractivity contribution in [1.82, 2.24) is 4.98 Å². The number of hydrogen-bond acceptors (Lipinski definition) is 4. The van der Waals surface area contributed by atoms with Gasteiger partial charge in [0.1, 0.15) is 16.6 Å². The molecule has 0 unspecified atom stereocenters. The van der Waals surface area contributed by atoms with Crippen molar-refractivity contribution < 1.29 is 4.74 Å². The second-order valence-electron chi connectivity index (χ2n) is 3.16. The van der Waals surface area contributed by atoms with E-state index in [9.17, 15) is 0 Å². The number of rotatable bonds is 3. The molecule has 1 aromatic heterocycles. The number of nitrogens with zero attached hydrogens (tertiary/aromatic N) is 1. The molecule has 1 aromatic carbocycles. The average molecular weight is 270 g/mol. The molecular weight excluding hydrogens is 261 g/mol. The van der Waals surface area contributed by atoms with Crippen LogP contribution in [0.15, 0.2) is 36.4 Å². The summed E-state index contributed by atoms with van der Waals surface area (Å²) < 4.78 is 5.51. The molecule has 0 atom stereocenters. The van der Waals surface area contributed by atoms with Crippen LogP contribution in [0.2, 0.25) is 10.0 Å². The fourth-order valence-electron chi connectivity index (χ4n) is 1.23. The van der Waals surface area contributed by atoms with Crippen LogP contribution in [0.1, 0.15) is 0 Å². The molecule has 0 radical (unpaired) electrons. The van der Waals surface area contributed by atoms with Crippen molar-refractivity contribution in [2.75, 3.05) is 5.43 Å². The minimum Gasteiger partial charge on any atom is -0.437 e. The molecule has 88 valence electrons. The minimum absolute atomic E-state index is 0.349. The van der Waals surface area contributed by atoms with Crippen molar-refractivity contribution in [3.8, 4) is 11.6 Å². The third-order valence-corrected chi connectivity index (χ3v) is 2.80. The summed E-state index contributed by atoms with van der Waals surface area (Å²) in [6, 6.07) is 10.3. The van der Waals surface area contributed by atoms with E-state index in [1.54, 1.807) is 36.4 Å². The Morgan fingerprint density at radius 2 is 1.88 bits per heavy atom. The van der Waals surface area contributed by atoms with Crippen LogP contribution in [0, 0.1) is 0 Å². The van der Waals surface area contributed by atoms with Gasteiger partial charge in [-0.15, -0.1) is 0 Å². The number of nitrogens with one attached hydrogen (secondary N) is 1. The van der Waals surface area contributed by atoms with E-state index < -0.39 is 0 Å². The highest BCUT2D eigenvalue weighted by Crippen LogP contribution is 2.34. The Kier molecular flexibility index (Phi) is 3.68. The lowest BCUT2D eigenvalue weighted by atomic mass is 10.3. The molecule has 2 aromatic rings. The van der Waals surface area contributed by atoms with E-state index in [2.05, 4.69) is 10.4 Å². The largest absolute Gasteiger partial charge is 0.437 e. The van der Waals surface area contributed by atoms with Crippen LogP contribution >= 0.6 is 23.2 Å². The van der Waals surface area contributed by atoms with Crippen LogP contribution in [0.3, 0.4) is 0 Å². The van der Waals surface area contributed by atoms with Gasteiger partial charge in [-0.1, -0.05) is 35.3 Å². The third kappa shape index (κ3) is 2.79. The molecule has 0 aliphatic rings. The van der Waals surface area contributed by atoms with Gasteiger partial charge in [-0.25, -0.2) is 5.84 Å². The number of anilines is 1. The molecule has 0 aliphatic heterocycles. The van der Waals surface area contributed by atoms with Gasteiger partial charge in [0, 0.05) is 6.07 Å². The maximum atomic E-state index is 5.99. The minimum atomic E-state index is 0.349. The van der Waals surface area contributed by atoms with Crippen LogP contribution in [-0.2, 0) is 0 Å². The SMILES string of the molecule is NNc1cccc(Oc2cccc(Cl)c2Cl)n1. The predicted octanol–water partition coefficient (Wildman–Crippen LogP) is 3.47. The van der Waals surface area contributed by atoms with Crippen molar-refractivity contribution in [3.05, 3.63) is 46.4 Å². The van der Waals surface area contributed by atoms with Gasteiger partial charge < -0.3 is 10.2 Å². The summed E-state index contributed by atoms with van der Waals surface area (Å²) in [6.45, 7) is 0. The van der Waals surface area contributed by atoms with Gasteiger partial charge in [0.15, 0.2) is 0 Å². The summed E-state index contributed by atoms with van der Waals surface area (Å²) in [6.07, 6.45) is 0. The van der Waals surface area contributed by atoms with E-state index in [0.717, 1.165) is 0 Å². The summed E-state index contributed by atoms with van der Waals surface area (Å²) in [5, 5.41) is 0.777. The predicted molar refractivity (Wildman–Crippen MR) is 68.6 cm³/mol. The highest BCUT2D eigenvalue weighted by molar-refractivity contribution is 6.42. The maximum Gasteiger partial charge on any atom is 0.221 e. The normalized spacial score (nSPS) is 10.1. The van der Waals surface area contributed by atoms with Gasteiger partial charge in [0.2, 0.25) is 5.88 Å². The monoisotopic (exact) mass is 269 g/mol. The number of ether oxygens (including phenoxy) is 1. The first-order valence-electron chi connectivity index (χ1n) is 4.76. The number of aromatic nitrogens is 1. The highest BCUT2D eigenvalue weighted by Gasteiger charge is 2.07. The average Bonchev–Trinajstić information content (AvgIpc) is 2.35. The molecule has 0 spiro atoms. The van der Waals surface area contributed by atoms with Crippen LogP contribution < -0.4 is 16.0 Å². The first-order chi connectivity index (χ1) is 8.20. The quantitative estimate of drug-likeness (QED) is 0.662. The number of nitrogens with two attached hydrogens (primary N) is 1. The Labute approximate surface area is 108 Å². The number of hydrazine groups is 1. The van der Waals surface area contributed by atoms with Crippen molar-refractivity contribution in [3.63, 3.8) is 0 Å². The van der Waals surface area contributed by atoms with Gasteiger partial charge in [-0.3, -0.25) is 0 Å². The summed E-state index contributed by atoms with van der Waals surface area (Å²) in [4.78, 5) is 4.10. The van der Waals surface area contributed by atoms with Gasteiger partial charge in [0.05, 0.1) is 5.02 Å². The maximum absolute atomic E-state index is 5.99. The van der Waals surface area contributed by atoms with Crippen LogP contribution in [0.4, 0.5) is 5.82 Å². The molecular formula is C11H9Cl2N3O. The van der Waals surface area contributed by atoms with Crippen LogP contribution in [0.25, 0.3) is 0 Å². The molecule has 2 rings (SSSR count). The van der Waals surface area contributed by atoms with Gasteiger partial charge in [-0.05, 0) is 18.2 Å². The molecule has 0 saturated carbocycles. The molecule has 6 heteroatoms. The summed E-state index contributed by atoms with van der Waals surface area (Å²) >= 11 is 11.9. The smallest absolute Gasteiger partial charge is 0.221 e. The summed E-state index contributed by atoms with van der Waals surface area (Å²) in [5.74, 6) is 6.58. The van der Waals surface area contributed by atoms with Gasteiger partial charge >= 0.3 is 0 Å². The van der Waals surface area contributed by atoms with Crippen LogP contribution in [0.5, 0.6) is 11.6 Å². The Bertz CT molecular complexity index is 534. The Hall–Kier alpha value is -1.49. The zero-order chi connectivity index (χ0) is 12.3. The molecule has 17 heavy (non-hydrogen) atoms. The summed E-state index contributed by atoms with van der Waals surface area (Å²) in [7, 11) is 0. The second-order valence-corrected chi connectivity index (χ2v) is 3.94. The van der Waals surface area contributed by atoms with E-state index in [1.807, 2.05) is 0 Å². The van der Waals surface area contributed by atoms with E-state index in [-0.39, 0.29) is 0 Å². The van der Waals surface area contributed by atoms with Crippen molar-refractivity contribution in [2.24, 2.45) is 5.84 Å². The number of benzene rings is 1. The molecule has 0 aliphatic carbocycles. The molecule has 4 nitrogen and oxygen atoms in total. The van der Waals surface area contributed by atoms with E-state index >= 15 is 0 Å². The number of halogens is 2. The standard InChI is InChI=1S/C11H9Cl2N3O/c12-7-3-1-4-8(11(7)13)17-10-6-2-5-9(15-10)16-14/h1-6H,14H2,(H,15,16). The zero-order valence-electron chi connectivity index (χ0n) is 8.65. The van der Waals surface area contributed by atoms with Crippen LogP contribution in [-0.4, -0.2) is 4.98 Å². The second kappa shape index (κ2) is 5.23. The number of hydrogen-bond donors (Lipinski definition) is 2. The number of nitrogen functional groups attached to an aromatic ring is 1. The first-order valence-corrected chi connectivity index (χ1v) is 5.52. The van der Waals surface area contributed by atoms with Crippen molar-refractivity contribution in [2.45, 2.75) is 0 Å². The summed E-state index contributed by atoms with van der Waals surface area (Å²) in [5.41, 5.74) is 2.43. The lowest BCUT2D eigenvalue weighted by molar-refractivity contribution is 0.464. The lowest BCUT2D eigenvalue weighted by Gasteiger charge is -2.08. The van der Waals surface area contributed by atoms with Crippen molar-refractivity contribution >= 4 is 29.0 Å². The van der Waals surface area contributed by atoms with Crippen molar-refractivity contribution in [1.29, 1.82) is 0 Å². The lowest BCUT2D eigenvalue weighted by Crippen LogP contribution is -2.08. The Balaban J connectivity index is 2.28. The topological polar surface area (TPSA) is 60.2 Å². The van der Waals surface area contributed by atoms with Gasteiger partial charge in [0.25, 0.3) is 0 Å². The first kappa shape index (κ1) is 12.0.